The lowest BCUT2D eigenvalue weighted by Gasteiger charge is -2.37. The molecule has 1 aliphatic heterocycles. The van der Waals surface area contributed by atoms with E-state index in [1.165, 1.54) is 0 Å². The first-order chi connectivity index (χ1) is 13.6. The van der Waals surface area contributed by atoms with Crippen molar-refractivity contribution in [3.63, 3.8) is 0 Å². The molecule has 1 saturated heterocycles. The number of likely N-dealkylation sites (tertiary alicyclic amines) is 1. The van der Waals surface area contributed by atoms with Crippen LogP contribution in [0.4, 0.5) is 5.69 Å². The summed E-state index contributed by atoms with van der Waals surface area (Å²) < 4.78 is 10.5. The number of carbonyl (C=O) groups excluding carboxylic acids is 2. The summed E-state index contributed by atoms with van der Waals surface area (Å²) in [5, 5.41) is 3.76. The Hall–Kier alpha value is -3.48. The van der Waals surface area contributed by atoms with Gasteiger partial charge in [0.2, 0.25) is 5.91 Å². The molecule has 0 aliphatic carbocycles. The number of benzene rings is 2. The largest absolute Gasteiger partial charge is 0.497 e. The Morgan fingerprint density at radius 2 is 1.93 bits per heavy atom. The molecule has 28 heavy (non-hydrogen) atoms. The second kappa shape index (κ2) is 7.26. The third-order valence-corrected chi connectivity index (χ3v) is 5.00. The van der Waals surface area contributed by atoms with Gasteiger partial charge in [-0.3, -0.25) is 9.59 Å². The van der Waals surface area contributed by atoms with E-state index in [2.05, 4.69) is 10.3 Å². The number of hydrogen-bond donors (Lipinski definition) is 2. The van der Waals surface area contributed by atoms with Crippen LogP contribution in [0.5, 0.6) is 11.5 Å². The highest BCUT2D eigenvalue weighted by molar-refractivity contribution is 6.02. The van der Waals surface area contributed by atoms with Gasteiger partial charge in [0, 0.05) is 47.4 Å². The molecule has 0 unspecified atom stereocenters. The number of aromatic nitrogens is 1. The second-order valence-corrected chi connectivity index (χ2v) is 6.62. The summed E-state index contributed by atoms with van der Waals surface area (Å²) in [5.74, 6) is 1.02. The van der Waals surface area contributed by atoms with Gasteiger partial charge >= 0.3 is 0 Å². The van der Waals surface area contributed by atoms with Crippen molar-refractivity contribution in [2.75, 3.05) is 26.1 Å². The van der Waals surface area contributed by atoms with Crippen LogP contribution in [0.1, 0.15) is 18.0 Å². The molecule has 7 heteroatoms. The van der Waals surface area contributed by atoms with Gasteiger partial charge in [-0.1, -0.05) is 6.07 Å². The third kappa shape index (κ3) is 3.15. The van der Waals surface area contributed by atoms with E-state index in [-0.39, 0.29) is 11.8 Å². The number of H-pyrrole nitrogens is 1. The van der Waals surface area contributed by atoms with E-state index in [1.807, 2.05) is 18.2 Å². The van der Waals surface area contributed by atoms with Gasteiger partial charge in [-0.15, -0.1) is 0 Å². The zero-order chi connectivity index (χ0) is 19.7. The van der Waals surface area contributed by atoms with Crippen LogP contribution >= 0.6 is 0 Å². The molecular formula is C21H21N3O4. The molecule has 2 amide bonds. The number of aromatic amines is 1. The summed E-state index contributed by atoms with van der Waals surface area (Å²) in [7, 11) is 3.17. The van der Waals surface area contributed by atoms with Crippen LogP contribution in [0.3, 0.4) is 0 Å². The van der Waals surface area contributed by atoms with Gasteiger partial charge in [-0.25, -0.2) is 0 Å². The maximum atomic E-state index is 13.2. The third-order valence-electron chi connectivity index (χ3n) is 5.00. The predicted octanol–water partition coefficient (Wildman–Crippen LogP) is 3.10. The van der Waals surface area contributed by atoms with Crippen molar-refractivity contribution in [2.45, 2.75) is 12.5 Å². The molecule has 2 heterocycles. The van der Waals surface area contributed by atoms with Crippen LogP contribution in [-0.2, 0) is 9.59 Å². The van der Waals surface area contributed by atoms with Gasteiger partial charge in [0.15, 0.2) is 0 Å². The lowest BCUT2D eigenvalue weighted by atomic mass is 9.99. The highest BCUT2D eigenvalue weighted by Crippen LogP contribution is 2.34. The summed E-state index contributed by atoms with van der Waals surface area (Å²) in [6.07, 6.45) is 2.24. The van der Waals surface area contributed by atoms with Gasteiger partial charge in [0.25, 0.3) is 5.91 Å². The van der Waals surface area contributed by atoms with Gasteiger partial charge in [0.05, 0.1) is 14.2 Å². The Balaban J connectivity index is 1.71. The molecule has 7 nitrogen and oxygen atoms in total. The molecule has 0 radical (unpaired) electrons. The average Bonchev–Trinajstić information content (AvgIpc) is 3.13. The Labute approximate surface area is 162 Å². The molecule has 2 N–H and O–H groups in total. The monoisotopic (exact) mass is 379 g/mol. The maximum absolute atomic E-state index is 13.2. The predicted molar refractivity (Wildman–Crippen MR) is 106 cm³/mol. The fraction of sp³-hybridized carbons (Fsp3) is 0.238. The molecule has 0 saturated carbocycles. The summed E-state index contributed by atoms with van der Waals surface area (Å²) >= 11 is 0. The second-order valence-electron chi connectivity index (χ2n) is 6.62. The molecule has 0 bridgehead atoms. The van der Waals surface area contributed by atoms with Gasteiger partial charge in [-0.05, 0) is 30.3 Å². The summed E-state index contributed by atoms with van der Waals surface area (Å²) in [6, 6.07) is 12.0. The zero-order valence-corrected chi connectivity index (χ0v) is 15.7. The number of nitrogens with zero attached hydrogens (tertiary/aromatic N) is 1. The maximum Gasteiger partial charge on any atom is 0.251 e. The van der Waals surface area contributed by atoms with Crippen molar-refractivity contribution in [3.05, 3.63) is 54.2 Å². The number of methoxy groups -OCH3 is 2. The van der Waals surface area contributed by atoms with E-state index in [0.717, 1.165) is 16.5 Å². The average molecular weight is 379 g/mol. The minimum absolute atomic E-state index is 0.0389. The highest BCUT2D eigenvalue weighted by atomic mass is 16.5. The van der Waals surface area contributed by atoms with Crippen LogP contribution in [-0.4, -0.2) is 42.5 Å². The number of rotatable bonds is 6. The molecule has 0 spiro atoms. The number of fused-ring (bicyclic) bond motifs is 1. The first kappa shape index (κ1) is 17.9. The number of β-lactam (4-membered cyclic amide) rings is 1. The molecule has 1 fully saturated rings. The van der Waals surface area contributed by atoms with Crippen molar-refractivity contribution < 1.29 is 19.1 Å². The molecular weight excluding hydrogens is 358 g/mol. The first-order valence-electron chi connectivity index (χ1n) is 9.00. The van der Waals surface area contributed by atoms with E-state index in [1.54, 1.807) is 49.6 Å². The molecule has 144 valence electrons. The molecule has 1 aliphatic rings. The number of amides is 2. The number of carbonyl (C=O) groups is 2. The minimum atomic E-state index is -0.728. The Morgan fingerprint density at radius 3 is 2.61 bits per heavy atom. The van der Waals surface area contributed by atoms with Crippen molar-refractivity contribution in [1.82, 2.24) is 9.88 Å². The topological polar surface area (TPSA) is 83.7 Å². The smallest absolute Gasteiger partial charge is 0.251 e. The van der Waals surface area contributed by atoms with Crippen LogP contribution in [0.2, 0.25) is 0 Å². The summed E-state index contributed by atoms with van der Waals surface area (Å²) in [4.78, 5) is 30.1. The van der Waals surface area contributed by atoms with E-state index < -0.39 is 6.04 Å². The molecule has 3 aromatic rings. The van der Waals surface area contributed by atoms with Crippen LogP contribution < -0.4 is 14.8 Å². The van der Waals surface area contributed by atoms with Gasteiger partial charge in [0.1, 0.15) is 17.5 Å². The molecule has 2 aromatic carbocycles. The van der Waals surface area contributed by atoms with Gasteiger partial charge < -0.3 is 24.7 Å². The first-order valence-corrected chi connectivity index (χ1v) is 9.00. The van der Waals surface area contributed by atoms with Crippen LogP contribution in [0, 0.1) is 0 Å². The Bertz CT molecular complexity index is 1040. The van der Waals surface area contributed by atoms with E-state index >= 15 is 0 Å². The highest BCUT2D eigenvalue weighted by Gasteiger charge is 2.38. The molecule has 1 aromatic heterocycles. The summed E-state index contributed by atoms with van der Waals surface area (Å²) in [5.41, 5.74) is 2.23. The van der Waals surface area contributed by atoms with E-state index in [4.69, 9.17) is 9.47 Å². The number of anilines is 1. The van der Waals surface area contributed by atoms with Crippen molar-refractivity contribution in [2.24, 2.45) is 0 Å². The fourth-order valence-corrected chi connectivity index (χ4v) is 3.44. The van der Waals surface area contributed by atoms with E-state index in [0.29, 0.717) is 30.2 Å². The Morgan fingerprint density at radius 1 is 1.14 bits per heavy atom. The van der Waals surface area contributed by atoms with Crippen LogP contribution in [0.15, 0.2) is 48.7 Å². The van der Waals surface area contributed by atoms with Crippen molar-refractivity contribution in [3.8, 4) is 11.5 Å². The van der Waals surface area contributed by atoms with Crippen molar-refractivity contribution >= 4 is 28.4 Å². The summed E-state index contributed by atoms with van der Waals surface area (Å²) in [6.45, 7) is 0.547. The molecule has 1 atom stereocenters. The SMILES string of the molecule is COc1cccc(NC(=O)[C@@H](c2c[nH]c3ccc(OC)cc23)N2CCC2=O)c1. The van der Waals surface area contributed by atoms with E-state index in [9.17, 15) is 9.59 Å². The fourth-order valence-electron chi connectivity index (χ4n) is 3.44. The van der Waals surface area contributed by atoms with Gasteiger partial charge in [-0.2, -0.15) is 0 Å². The Kier molecular flexibility index (Phi) is 4.65. The minimum Gasteiger partial charge on any atom is -0.497 e. The number of hydrogen-bond acceptors (Lipinski definition) is 4. The quantitative estimate of drug-likeness (QED) is 0.645. The zero-order valence-electron chi connectivity index (χ0n) is 15.7. The van der Waals surface area contributed by atoms with Crippen LogP contribution in [0.25, 0.3) is 10.9 Å². The number of nitrogens with one attached hydrogen (secondary N) is 2. The number of ether oxygens (including phenoxy) is 2. The normalized spacial score (nSPS) is 14.5. The van der Waals surface area contributed by atoms with Crippen molar-refractivity contribution in [1.29, 1.82) is 0 Å². The lowest BCUT2D eigenvalue weighted by Crippen LogP contribution is -2.49. The standard InChI is InChI=1S/C21H21N3O4/c1-27-14-5-3-4-13(10-14)23-21(26)20(24-9-8-19(24)25)17-12-22-18-7-6-15(28-2)11-16(17)18/h3-7,10-12,20,22H,8-9H2,1-2H3,(H,23,26)/t20-/m1/s1. The lowest BCUT2D eigenvalue weighted by molar-refractivity contribution is -0.147. The molecule has 4 rings (SSSR count).